The maximum absolute atomic E-state index is 7.46. The molecule has 96 valence electrons. The van der Waals surface area contributed by atoms with Crippen LogP contribution in [0.3, 0.4) is 0 Å². The molecule has 0 rings (SSSR count). The molecule has 0 aromatic carbocycles. The number of unbranched alkanes of at least 4 members (excludes halogenated alkanes) is 8. The summed E-state index contributed by atoms with van der Waals surface area (Å²) in [6.45, 7) is 4.83. The van der Waals surface area contributed by atoms with E-state index in [0.717, 1.165) is 12.8 Å². The van der Waals surface area contributed by atoms with E-state index in [0.29, 0.717) is 12.5 Å². The molecule has 2 heteroatoms. The zero-order valence-corrected chi connectivity index (χ0v) is 11.2. The second-order valence-electron chi connectivity index (χ2n) is 4.43. The maximum Gasteiger partial charge on any atom is 0.180 e. The third kappa shape index (κ3) is 11.5. The van der Waals surface area contributed by atoms with Crippen molar-refractivity contribution in [3.63, 3.8) is 0 Å². The standard InChI is InChI=1S/C14H29NO/c1-3-5-6-7-8-9-10-11-12-13-14(15)16-4-2/h15H,3-13H2,1-2H3. The van der Waals surface area contributed by atoms with Gasteiger partial charge in [0, 0.05) is 6.42 Å². The summed E-state index contributed by atoms with van der Waals surface area (Å²) in [4.78, 5) is 0. The first kappa shape index (κ1) is 15.5. The number of nitrogens with one attached hydrogen (secondary N) is 1. The predicted molar refractivity (Wildman–Crippen MR) is 71.2 cm³/mol. The van der Waals surface area contributed by atoms with Crippen LogP contribution in [0.25, 0.3) is 0 Å². The Morgan fingerprint density at radius 2 is 1.31 bits per heavy atom. The summed E-state index contributed by atoms with van der Waals surface area (Å²) in [6.07, 6.45) is 12.8. The minimum Gasteiger partial charge on any atom is -0.481 e. The van der Waals surface area contributed by atoms with Crippen molar-refractivity contribution in [1.82, 2.24) is 0 Å². The van der Waals surface area contributed by atoms with Crippen LogP contribution in [0, 0.1) is 5.41 Å². The molecule has 0 aliphatic carbocycles. The van der Waals surface area contributed by atoms with Gasteiger partial charge in [0.2, 0.25) is 0 Å². The van der Waals surface area contributed by atoms with Crippen LogP contribution in [0.5, 0.6) is 0 Å². The normalized spacial score (nSPS) is 10.4. The second-order valence-corrected chi connectivity index (χ2v) is 4.43. The van der Waals surface area contributed by atoms with Crippen LogP contribution in [0.1, 0.15) is 78.1 Å². The van der Waals surface area contributed by atoms with E-state index in [2.05, 4.69) is 6.92 Å². The number of ether oxygens (including phenoxy) is 1. The molecule has 0 radical (unpaired) electrons. The summed E-state index contributed by atoms with van der Waals surface area (Å²) in [5.74, 6) is 0.463. The van der Waals surface area contributed by atoms with E-state index in [1.165, 1.54) is 51.4 Å². The quantitative estimate of drug-likeness (QED) is 0.303. The SMILES string of the molecule is CCCCCCCCCCCC(=N)OCC. The summed E-state index contributed by atoms with van der Waals surface area (Å²) >= 11 is 0. The Balaban J connectivity index is 3.01. The van der Waals surface area contributed by atoms with Gasteiger partial charge < -0.3 is 4.74 Å². The Hall–Kier alpha value is -0.530. The molecule has 0 aliphatic heterocycles. The van der Waals surface area contributed by atoms with E-state index in [1.54, 1.807) is 0 Å². The molecule has 16 heavy (non-hydrogen) atoms. The molecule has 2 nitrogen and oxygen atoms in total. The third-order valence-electron chi connectivity index (χ3n) is 2.83. The number of rotatable bonds is 11. The first-order valence-electron chi connectivity index (χ1n) is 7.01. The van der Waals surface area contributed by atoms with Gasteiger partial charge in [0.25, 0.3) is 0 Å². The first-order valence-corrected chi connectivity index (χ1v) is 7.01. The van der Waals surface area contributed by atoms with Gasteiger partial charge in [-0.2, -0.15) is 0 Å². The largest absolute Gasteiger partial charge is 0.481 e. The first-order chi connectivity index (χ1) is 7.81. The molecule has 0 aromatic heterocycles. The van der Waals surface area contributed by atoms with Gasteiger partial charge in [-0.3, -0.25) is 5.41 Å². The lowest BCUT2D eigenvalue weighted by atomic mass is 10.1. The second kappa shape index (κ2) is 12.5. The van der Waals surface area contributed by atoms with E-state index in [-0.39, 0.29) is 0 Å². The fraction of sp³-hybridized carbons (Fsp3) is 0.929. The highest BCUT2D eigenvalue weighted by molar-refractivity contribution is 5.72. The number of hydrogen-bond acceptors (Lipinski definition) is 2. The van der Waals surface area contributed by atoms with Crippen LogP contribution in [0.4, 0.5) is 0 Å². The molecule has 0 atom stereocenters. The molecular weight excluding hydrogens is 198 g/mol. The van der Waals surface area contributed by atoms with Gasteiger partial charge >= 0.3 is 0 Å². The molecule has 0 unspecified atom stereocenters. The van der Waals surface area contributed by atoms with Gasteiger partial charge in [-0.1, -0.05) is 58.3 Å². The Kier molecular flexibility index (Phi) is 12.1. The Morgan fingerprint density at radius 1 is 0.812 bits per heavy atom. The zero-order valence-electron chi connectivity index (χ0n) is 11.2. The Labute approximate surface area is 101 Å². The van der Waals surface area contributed by atoms with E-state index in [4.69, 9.17) is 10.1 Å². The molecule has 0 spiro atoms. The topological polar surface area (TPSA) is 33.1 Å². The van der Waals surface area contributed by atoms with Gasteiger partial charge in [0.05, 0.1) is 6.61 Å². The van der Waals surface area contributed by atoms with Crippen molar-refractivity contribution in [2.75, 3.05) is 6.61 Å². The summed E-state index contributed by atoms with van der Waals surface area (Å²) in [6, 6.07) is 0. The van der Waals surface area contributed by atoms with Crippen LogP contribution in [-0.2, 0) is 4.74 Å². The van der Waals surface area contributed by atoms with Crippen molar-refractivity contribution in [2.24, 2.45) is 0 Å². The summed E-state index contributed by atoms with van der Waals surface area (Å²) in [5, 5.41) is 7.46. The third-order valence-corrected chi connectivity index (χ3v) is 2.83. The summed E-state index contributed by atoms with van der Waals surface area (Å²) in [5.41, 5.74) is 0. The highest BCUT2D eigenvalue weighted by atomic mass is 16.5. The highest BCUT2D eigenvalue weighted by Gasteiger charge is 1.96. The summed E-state index contributed by atoms with van der Waals surface area (Å²) in [7, 11) is 0. The molecule has 1 N–H and O–H groups in total. The Morgan fingerprint density at radius 3 is 1.81 bits per heavy atom. The van der Waals surface area contributed by atoms with Gasteiger partial charge in [-0.15, -0.1) is 0 Å². The van der Waals surface area contributed by atoms with Crippen molar-refractivity contribution < 1.29 is 4.74 Å². The molecular formula is C14H29NO. The average molecular weight is 227 g/mol. The minimum atomic E-state index is 0.463. The summed E-state index contributed by atoms with van der Waals surface area (Å²) < 4.78 is 5.10. The van der Waals surface area contributed by atoms with Crippen molar-refractivity contribution in [3.05, 3.63) is 0 Å². The lowest BCUT2D eigenvalue weighted by molar-refractivity contribution is 0.312. The predicted octanol–water partition coefficient (Wildman–Crippen LogP) is 4.92. The van der Waals surface area contributed by atoms with Crippen molar-refractivity contribution in [1.29, 1.82) is 5.41 Å². The average Bonchev–Trinajstić information content (AvgIpc) is 2.27. The molecule has 0 saturated heterocycles. The van der Waals surface area contributed by atoms with Gasteiger partial charge in [0.1, 0.15) is 0 Å². The molecule has 0 fully saturated rings. The van der Waals surface area contributed by atoms with Crippen LogP contribution < -0.4 is 0 Å². The lowest BCUT2D eigenvalue weighted by Crippen LogP contribution is -2.02. The van der Waals surface area contributed by atoms with Gasteiger partial charge in [-0.05, 0) is 13.3 Å². The van der Waals surface area contributed by atoms with Crippen molar-refractivity contribution in [3.8, 4) is 0 Å². The van der Waals surface area contributed by atoms with Crippen molar-refractivity contribution >= 4 is 5.90 Å². The fourth-order valence-electron chi connectivity index (χ4n) is 1.84. The van der Waals surface area contributed by atoms with Crippen LogP contribution >= 0.6 is 0 Å². The lowest BCUT2D eigenvalue weighted by Gasteiger charge is -2.04. The molecule has 0 amide bonds. The minimum absolute atomic E-state index is 0.463. The van der Waals surface area contributed by atoms with Crippen LogP contribution in [0.15, 0.2) is 0 Å². The number of hydrogen-bond donors (Lipinski definition) is 1. The maximum atomic E-state index is 7.46. The van der Waals surface area contributed by atoms with E-state index in [1.807, 2.05) is 6.92 Å². The van der Waals surface area contributed by atoms with Gasteiger partial charge in [0.15, 0.2) is 5.90 Å². The molecule has 0 aromatic rings. The van der Waals surface area contributed by atoms with E-state index < -0.39 is 0 Å². The monoisotopic (exact) mass is 227 g/mol. The molecule has 0 aliphatic rings. The van der Waals surface area contributed by atoms with Gasteiger partial charge in [-0.25, -0.2) is 0 Å². The highest BCUT2D eigenvalue weighted by Crippen LogP contribution is 2.10. The molecule has 0 bridgehead atoms. The molecule has 0 saturated carbocycles. The fourth-order valence-corrected chi connectivity index (χ4v) is 1.84. The zero-order chi connectivity index (χ0) is 12.1. The van der Waals surface area contributed by atoms with E-state index in [9.17, 15) is 0 Å². The molecule has 0 heterocycles. The Bertz CT molecular complexity index is 157. The van der Waals surface area contributed by atoms with Crippen molar-refractivity contribution in [2.45, 2.75) is 78.1 Å². The van der Waals surface area contributed by atoms with Crippen LogP contribution in [0.2, 0.25) is 0 Å². The smallest absolute Gasteiger partial charge is 0.180 e. The van der Waals surface area contributed by atoms with Crippen LogP contribution in [-0.4, -0.2) is 12.5 Å². The van der Waals surface area contributed by atoms with E-state index >= 15 is 0 Å².